The molecule has 0 bridgehead atoms. The molecule has 0 radical (unpaired) electrons. The van der Waals surface area contributed by atoms with Crippen LogP contribution in [0.2, 0.25) is 5.02 Å². The van der Waals surface area contributed by atoms with Gasteiger partial charge in [0.25, 0.3) is 0 Å². The summed E-state index contributed by atoms with van der Waals surface area (Å²) in [4.78, 5) is 4.34. The Kier molecular flexibility index (Phi) is 2.49. The van der Waals surface area contributed by atoms with Crippen LogP contribution in [0.5, 0.6) is 0 Å². The van der Waals surface area contributed by atoms with Crippen LogP contribution in [0.3, 0.4) is 0 Å². The van der Waals surface area contributed by atoms with Gasteiger partial charge in [-0.1, -0.05) is 23.7 Å². The molecule has 0 aliphatic heterocycles. The first-order valence-electron chi connectivity index (χ1n) is 5.66. The lowest BCUT2D eigenvalue weighted by atomic mass is 10.2. The molecule has 0 saturated carbocycles. The van der Waals surface area contributed by atoms with Crippen LogP contribution in [0.1, 0.15) is 5.56 Å². The zero-order valence-corrected chi connectivity index (χ0v) is 10.6. The maximum absolute atomic E-state index is 5.99. The van der Waals surface area contributed by atoms with Gasteiger partial charge in [-0.05, 0) is 42.8 Å². The SMILES string of the molecule is Cc1cccc(-n2c(N)nc3cc(Cl)ccc32)c1. The molecule has 0 aliphatic carbocycles. The first-order valence-corrected chi connectivity index (χ1v) is 6.03. The van der Waals surface area contributed by atoms with E-state index < -0.39 is 0 Å². The molecule has 2 aromatic carbocycles. The molecule has 0 amide bonds. The van der Waals surface area contributed by atoms with E-state index in [0.717, 1.165) is 16.7 Å². The highest BCUT2D eigenvalue weighted by Gasteiger charge is 2.10. The van der Waals surface area contributed by atoms with Crippen molar-refractivity contribution in [3.05, 3.63) is 53.1 Å². The maximum Gasteiger partial charge on any atom is 0.205 e. The van der Waals surface area contributed by atoms with Crippen molar-refractivity contribution in [2.75, 3.05) is 5.73 Å². The summed E-state index contributed by atoms with van der Waals surface area (Å²) in [7, 11) is 0. The molecule has 3 rings (SSSR count). The van der Waals surface area contributed by atoms with Crippen LogP contribution in [-0.2, 0) is 0 Å². The number of halogens is 1. The van der Waals surface area contributed by atoms with E-state index in [1.54, 1.807) is 0 Å². The Morgan fingerprint density at radius 3 is 2.78 bits per heavy atom. The Balaban J connectivity index is 2.32. The van der Waals surface area contributed by atoms with Crippen LogP contribution in [0, 0.1) is 6.92 Å². The van der Waals surface area contributed by atoms with Crippen LogP contribution in [0.15, 0.2) is 42.5 Å². The van der Waals surface area contributed by atoms with E-state index in [1.165, 1.54) is 5.56 Å². The molecule has 1 aromatic heterocycles. The van der Waals surface area contributed by atoms with E-state index in [2.05, 4.69) is 24.0 Å². The summed E-state index contributed by atoms with van der Waals surface area (Å²) in [6, 6.07) is 13.7. The van der Waals surface area contributed by atoms with Gasteiger partial charge in [0.1, 0.15) is 0 Å². The van der Waals surface area contributed by atoms with Crippen LogP contribution in [0.25, 0.3) is 16.7 Å². The second-order valence-corrected chi connectivity index (χ2v) is 4.71. The lowest BCUT2D eigenvalue weighted by molar-refractivity contribution is 1.10. The minimum atomic E-state index is 0.470. The molecule has 2 N–H and O–H groups in total. The number of nitrogen functional groups attached to an aromatic ring is 1. The van der Waals surface area contributed by atoms with Gasteiger partial charge in [0.15, 0.2) is 0 Å². The smallest absolute Gasteiger partial charge is 0.205 e. The highest BCUT2D eigenvalue weighted by Crippen LogP contribution is 2.25. The monoisotopic (exact) mass is 257 g/mol. The molecule has 3 aromatic rings. The highest BCUT2D eigenvalue weighted by molar-refractivity contribution is 6.31. The number of fused-ring (bicyclic) bond motifs is 1. The van der Waals surface area contributed by atoms with Crippen LogP contribution in [0.4, 0.5) is 5.95 Å². The maximum atomic E-state index is 5.99. The zero-order chi connectivity index (χ0) is 12.7. The number of aromatic nitrogens is 2. The molecule has 1 heterocycles. The van der Waals surface area contributed by atoms with Gasteiger partial charge in [-0.2, -0.15) is 0 Å². The summed E-state index contributed by atoms with van der Waals surface area (Å²) in [5, 5.41) is 0.663. The van der Waals surface area contributed by atoms with E-state index in [0.29, 0.717) is 11.0 Å². The van der Waals surface area contributed by atoms with Crippen LogP contribution < -0.4 is 5.73 Å². The molecule has 0 fully saturated rings. The molecule has 0 atom stereocenters. The van der Waals surface area contributed by atoms with Crippen molar-refractivity contribution in [2.45, 2.75) is 6.92 Å². The molecule has 3 nitrogen and oxygen atoms in total. The fourth-order valence-corrected chi connectivity index (χ4v) is 2.28. The number of hydrogen-bond donors (Lipinski definition) is 1. The number of imidazole rings is 1. The van der Waals surface area contributed by atoms with Crippen LogP contribution in [-0.4, -0.2) is 9.55 Å². The first-order chi connectivity index (χ1) is 8.65. The number of rotatable bonds is 1. The van der Waals surface area contributed by atoms with Crippen molar-refractivity contribution in [1.29, 1.82) is 0 Å². The predicted molar refractivity (Wildman–Crippen MR) is 75.2 cm³/mol. The number of nitrogens with two attached hydrogens (primary N) is 1. The average molecular weight is 258 g/mol. The molecular formula is C14H12ClN3. The van der Waals surface area contributed by atoms with E-state index in [1.807, 2.05) is 34.9 Å². The van der Waals surface area contributed by atoms with E-state index in [4.69, 9.17) is 17.3 Å². The number of hydrogen-bond acceptors (Lipinski definition) is 2. The summed E-state index contributed by atoms with van der Waals surface area (Å²) >= 11 is 5.96. The third-order valence-corrected chi connectivity index (χ3v) is 3.14. The number of benzene rings is 2. The molecule has 18 heavy (non-hydrogen) atoms. The van der Waals surface area contributed by atoms with E-state index in [-0.39, 0.29) is 0 Å². The minimum Gasteiger partial charge on any atom is -0.369 e. The standard InChI is InChI=1S/C14H12ClN3/c1-9-3-2-4-11(7-9)18-13-6-5-10(15)8-12(13)17-14(18)16/h2-8H,1H3,(H2,16,17). The molecule has 0 aliphatic rings. The van der Waals surface area contributed by atoms with Crippen molar-refractivity contribution in [1.82, 2.24) is 9.55 Å². The third kappa shape index (κ3) is 1.73. The lowest BCUT2D eigenvalue weighted by Gasteiger charge is -2.07. The molecular weight excluding hydrogens is 246 g/mol. The third-order valence-electron chi connectivity index (χ3n) is 2.90. The number of aryl methyl sites for hydroxylation is 1. The van der Waals surface area contributed by atoms with E-state index >= 15 is 0 Å². The van der Waals surface area contributed by atoms with Gasteiger partial charge < -0.3 is 5.73 Å². The van der Waals surface area contributed by atoms with Crippen LogP contribution >= 0.6 is 11.6 Å². The second-order valence-electron chi connectivity index (χ2n) is 4.28. The van der Waals surface area contributed by atoms with Crippen molar-refractivity contribution in [3.63, 3.8) is 0 Å². The Hall–Kier alpha value is -2.00. The first kappa shape index (κ1) is 11.1. The average Bonchev–Trinajstić information content (AvgIpc) is 2.64. The molecule has 0 spiro atoms. The summed E-state index contributed by atoms with van der Waals surface area (Å²) < 4.78 is 1.93. The molecule has 0 unspecified atom stereocenters. The fraction of sp³-hybridized carbons (Fsp3) is 0.0714. The zero-order valence-electron chi connectivity index (χ0n) is 9.89. The number of nitrogens with zero attached hydrogens (tertiary/aromatic N) is 2. The van der Waals surface area contributed by atoms with Gasteiger partial charge in [0.05, 0.1) is 11.0 Å². The largest absolute Gasteiger partial charge is 0.369 e. The van der Waals surface area contributed by atoms with Gasteiger partial charge in [-0.3, -0.25) is 4.57 Å². The Bertz CT molecular complexity index is 731. The summed E-state index contributed by atoms with van der Waals surface area (Å²) in [6.45, 7) is 2.05. The Morgan fingerprint density at radius 1 is 1.17 bits per heavy atom. The Labute approximate surface area is 110 Å². The van der Waals surface area contributed by atoms with Gasteiger partial charge in [-0.25, -0.2) is 4.98 Å². The van der Waals surface area contributed by atoms with Gasteiger partial charge in [0, 0.05) is 10.7 Å². The van der Waals surface area contributed by atoms with Crippen molar-refractivity contribution in [3.8, 4) is 5.69 Å². The highest BCUT2D eigenvalue weighted by atomic mass is 35.5. The van der Waals surface area contributed by atoms with Gasteiger partial charge in [0.2, 0.25) is 5.95 Å². The summed E-state index contributed by atoms with van der Waals surface area (Å²) in [6.07, 6.45) is 0. The normalized spacial score (nSPS) is 11.0. The van der Waals surface area contributed by atoms with Crippen molar-refractivity contribution in [2.24, 2.45) is 0 Å². The predicted octanol–water partition coefficient (Wildman–Crippen LogP) is 3.57. The fourth-order valence-electron chi connectivity index (χ4n) is 2.11. The molecule has 4 heteroatoms. The van der Waals surface area contributed by atoms with Crippen molar-refractivity contribution >= 4 is 28.6 Å². The summed E-state index contributed by atoms with van der Waals surface area (Å²) in [5.74, 6) is 0.470. The van der Waals surface area contributed by atoms with Gasteiger partial charge >= 0.3 is 0 Å². The lowest BCUT2D eigenvalue weighted by Crippen LogP contribution is -2.00. The van der Waals surface area contributed by atoms with E-state index in [9.17, 15) is 0 Å². The van der Waals surface area contributed by atoms with Gasteiger partial charge in [-0.15, -0.1) is 0 Å². The summed E-state index contributed by atoms with van der Waals surface area (Å²) in [5.41, 5.74) is 9.96. The Morgan fingerprint density at radius 2 is 2.00 bits per heavy atom. The molecule has 90 valence electrons. The quantitative estimate of drug-likeness (QED) is 0.724. The van der Waals surface area contributed by atoms with Crippen molar-refractivity contribution < 1.29 is 0 Å². The second kappa shape index (κ2) is 4.03. The molecule has 0 saturated heterocycles. The minimum absolute atomic E-state index is 0.470. The number of anilines is 1. The topological polar surface area (TPSA) is 43.8 Å².